The molecule has 1 unspecified atom stereocenters. The number of rotatable bonds is 6. The van der Waals surface area contributed by atoms with Crippen LogP contribution >= 0.6 is 35.8 Å². The standard InChI is InChI=1S/C15H18ClN3O3S2/c16-11-1-2-13-12(9-11)19(15(21)24-13)14(10-20)18-5-3-17(4-6-18)7-8-22-23/h1-2,9-10,14,23H,3-8H2. The zero-order valence-corrected chi connectivity index (χ0v) is 15.4. The lowest BCUT2D eigenvalue weighted by molar-refractivity contribution is -0.116. The van der Waals surface area contributed by atoms with Crippen LogP contribution in [0.5, 0.6) is 0 Å². The fraction of sp³-hybridized carbons (Fsp3) is 0.467. The monoisotopic (exact) mass is 387 g/mol. The van der Waals surface area contributed by atoms with E-state index in [9.17, 15) is 9.59 Å². The summed E-state index contributed by atoms with van der Waals surface area (Å²) in [6, 6.07) is 5.31. The Hall–Kier alpha value is -0.900. The Kier molecular flexibility index (Phi) is 5.96. The van der Waals surface area contributed by atoms with Gasteiger partial charge in [-0.1, -0.05) is 22.9 Å². The Bertz CT molecular complexity index is 771. The third-order valence-corrected chi connectivity index (χ3v) is 5.59. The lowest BCUT2D eigenvalue weighted by Crippen LogP contribution is -2.50. The molecule has 1 aromatic carbocycles. The molecule has 0 aliphatic carbocycles. The first kappa shape index (κ1) is 17.9. The number of carbonyl (C=O) groups excluding carboxylic acids is 1. The maximum Gasteiger partial charge on any atom is 0.309 e. The number of piperazine rings is 1. The lowest BCUT2D eigenvalue weighted by Gasteiger charge is -2.37. The minimum Gasteiger partial charge on any atom is -0.317 e. The van der Waals surface area contributed by atoms with Crippen molar-refractivity contribution >= 4 is 52.4 Å². The van der Waals surface area contributed by atoms with Gasteiger partial charge in [0, 0.05) is 37.7 Å². The first-order valence-electron chi connectivity index (χ1n) is 7.62. The van der Waals surface area contributed by atoms with Crippen molar-refractivity contribution < 1.29 is 8.98 Å². The van der Waals surface area contributed by atoms with E-state index in [1.165, 1.54) is 0 Å². The van der Waals surface area contributed by atoms with Crippen molar-refractivity contribution in [3.8, 4) is 0 Å². The van der Waals surface area contributed by atoms with Crippen LogP contribution in [0.25, 0.3) is 10.2 Å². The van der Waals surface area contributed by atoms with Crippen molar-refractivity contribution in [2.45, 2.75) is 6.17 Å². The molecule has 1 aromatic heterocycles. The molecule has 2 aromatic rings. The van der Waals surface area contributed by atoms with Crippen LogP contribution in [0.3, 0.4) is 0 Å². The van der Waals surface area contributed by atoms with Crippen molar-refractivity contribution in [2.24, 2.45) is 0 Å². The zero-order chi connectivity index (χ0) is 17.1. The Balaban J connectivity index is 1.83. The summed E-state index contributed by atoms with van der Waals surface area (Å²) in [6.07, 6.45) is 0.231. The maximum atomic E-state index is 12.4. The molecule has 0 saturated carbocycles. The van der Waals surface area contributed by atoms with Crippen LogP contribution in [0.1, 0.15) is 6.17 Å². The van der Waals surface area contributed by atoms with Gasteiger partial charge >= 0.3 is 4.87 Å². The number of benzene rings is 1. The summed E-state index contributed by atoms with van der Waals surface area (Å²) in [7, 11) is 0. The number of halogens is 1. The third kappa shape index (κ3) is 3.68. The number of hydrogen-bond donors (Lipinski definition) is 1. The third-order valence-electron chi connectivity index (χ3n) is 4.24. The second-order valence-electron chi connectivity index (χ2n) is 5.61. The van der Waals surface area contributed by atoms with E-state index in [2.05, 4.69) is 17.8 Å². The molecule has 1 saturated heterocycles. The highest BCUT2D eigenvalue weighted by Crippen LogP contribution is 2.25. The first-order valence-corrected chi connectivity index (χ1v) is 9.18. The van der Waals surface area contributed by atoms with Gasteiger partial charge in [-0.3, -0.25) is 24.0 Å². The van der Waals surface area contributed by atoms with Gasteiger partial charge in [-0.05, 0) is 31.1 Å². The van der Waals surface area contributed by atoms with Gasteiger partial charge in [-0.25, -0.2) is 0 Å². The number of aldehydes is 1. The van der Waals surface area contributed by atoms with Gasteiger partial charge in [0.25, 0.3) is 0 Å². The van der Waals surface area contributed by atoms with Crippen LogP contribution in [0.15, 0.2) is 23.0 Å². The molecule has 0 amide bonds. The molecule has 1 aliphatic rings. The van der Waals surface area contributed by atoms with Crippen LogP contribution in [-0.4, -0.2) is 60.0 Å². The Morgan fingerprint density at radius 1 is 1.33 bits per heavy atom. The minimum atomic E-state index is -0.604. The lowest BCUT2D eigenvalue weighted by atomic mass is 10.2. The average molecular weight is 388 g/mol. The average Bonchev–Trinajstić information content (AvgIpc) is 2.91. The van der Waals surface area contributed by atoms with Crippen LogP contribution in [-0.2, 0) is 8.98 Å². The smallest absolute Gasteiger partial charge is 0.309 e. The summed E-state index contributed by atoms with van der Waals surface area (Å²) in [5.74, 6) is 0. The molecule has 6 nitrogen and oxygen atoms in total. The molecule has 0 N–H and O–H groups in total. The topological polar surface area (TPSA) is 54.8 Å². The molecule has 130 valence electrons. The molecule has 0 radical (unpaired) electrons. The summed E-state index contributed by atoms with van der Waals surface area (Å²) < 4.78 is 7.18. The number of hydrogen-bond acceptors (Lipinski definition) is 7. The van der Waals surface area contributed by atoms with Crippen LogP contribution in [0.2, 0.25) is 5.02 Å². The number of aromatic nitrogens is 1. The van der Waals surface area contributed by atoms with Gasteiger partial charge in [0.2, 0.25) is 0 Å². The van der Waals surface area contributed by atoms with Crippen LogP contribution in [0, 0.1) is 0 Å². The van der Waals surface area contributed by atoms with Crippen molar-refractivity contribution in [1.29, 1.82) is 0 Å². The Morgan fingerprint density at radius 2 is 2.08 bits per heavy atom. The number of nitrogens with zero attached hydrogens (tertiary/aromatic N) is 3. The fourth-order valence-electron chi connectivity index (χ4n) is 2.99. The second-order valence-corrected chi connectivity index (χ2v) is 7.30. The zero-order valence-electron chi connectivity index (χ0n) is 12.9. The summed E-state index contributed by atoms with van der Waals surface area (Å²) >= 11 is 10.9. The van der Waals surface area contributed by atoms with E-state index in [4.69, 9.17) is 15.8 Å². The van der Waals surface area contributed by atoms with Crippen molar-refractivity contribution in [3.63, 3.8) is 0 Å². The minimum absolute atomic E-state index is 0.143. The number of thiazole rings is 1. The molecule has 2 heterocycles. The SMILES string of the molecule is O=CC(N1CCN(CCOS)CC1)n1c(=O)sc2ccc(Cl)cc21. The summed E-state index contributed by atoms with van der Waals surface area (Å²) in [4.78, 5) is 28.3. The predicted molar refractivity (Wildman–Crippen MR) is 99.1 cm³/mol. The second kappa shape index (κ2) is 7.99. The first-order chi connectivity index (χ1) is 11.6. The molecule has 1 aliphatic heterocycles. The molecule has 24 heavy (non-hydrogen) atoms. The van der Waals surface area contributed by atoms with Gasteiger partial charge in [0.15, 0.2) is 6.29 Å². The van der Waals surface area contributed by atoms with E-state index in [0.717, 1.165) is 42.0 Å². The van der Waals surface area contributed by atoms with Gasteiger partial charge in [-0.15, -0.1) is 0 Å². The largest absolute Gasteiger partial charge is 0.317 e. The molecule has 9 heteroatoms. The quantitative estimate of drug-likeness (QED) is 0.466. The van der Waals surface area contributed by atoms with Crippen molar-refractivity contribution in [3.05, 3.63) is 32.9 Å². The molecule has 1 atom stereocenters. The number of fused-ring (bicyclic) bond motifs is 1. The van der Waals surface area contributed by atoms with Crippen LogP contribution < -0.4 is 4.87 Å². The van der Waals surface area contributed by atoms with E-state index in [-0.39, 0.29) is 4.87 Å². The highest BCUT2D eigenvalue weighted by molar-refractivity contribution is 7.75. The van der Waals surface area contributed by atoms with Gasteiger partial charge in [-0.2, -0.15) is 0 Å². The molecule has 1 fully saturated rings. The summed E-state index contributed by atoms with van der Waals surface area (Å²) in [6.45, 7) is 4.42. The fourth-order valence-corrected chi connectivity index (χ4v) is 4.13. The molecular formula is C15H18ClN3O3S2. The highest BCUT2D eigenvalue weighted by atomic mass is 35.5. The van der Waals surface area contributed by atoms with E-state index in [1.54, 1.807) is 16.7 Å². The maximum absolute atomic E-state index is 12.4. The Morgan fingerprint density at radius 3 is 2.75 bits per heavy atom. The van der Waals surface area contributed by atoms with E-state index >= 15 is 0 Å². The van der Waals surface area contributed by atoms with Gasteiger partial charge in [0.1, 0.15) is 6.17 Å². The highest BCUT2D eigenvalue weighted by Gasteiger charge is 2.27. The summed E-state index contributed by atoms with van der Waals surface area (Å²) in [5.41, 5.74) is 0.709. The molecule has 0 bridgehead atoms. The van der Waals surface area contributed by atoms with E-state index in [0.29, 0.717) is 30.2 Å². The molecule has 3 rings (SSSR count). The van der Waals surface area contributed by atoms with Crippen molar-refractivity contribution in [1.82, 2.24) is 14.4 Å². The summed E-state index contributed by atoms with van der Waals surface area (Å²) in [5, 5.41) is 0.551. The predicted octanol–water partition coefficient (Wildman–Crippen LogP) is 1.89. The molecule has 0 spiro atoms. The number of carbonyl (C=O) groups is 1. The van der Waals surface area contributed by atoms with Gasteiger partial charge < -0.3 is 4.18 Å². The van der Waals surface area contributed by atoms with Crippen LogP contribution in [0.4, 0.5) is 0 Å². The normalized spacial score (nSPS) is 18.1. The Labute approximate surface area is 154 Å². The molecular weight excluding hydrogens is 370 g/mol. The van der Waals surface area contributed by atoms with E-state index in [1.807, 2.05) is 11.0 Å². The number of thiol groups is 1. The van der Waals surface area contributed by atoms with E-state index < -0.39 is 6.17 Å². The van der Waals surface area contributed by atoms with Gasteiger partial charge in [0.05, 0.1) is 16.8 Å². The van der Waals surface area contributed by atoms with Crippen molar-refractivity contribution in [2.75, 3.05) is 39.3 Å².